The minimum atomic E-state index is -4.15. The number of aromatic nitrogens is 2. The van der Waals surface area contributed by atoms with Crippen LogP contribution in [0.15, 0.2) is 47.4 Å². The van der Waals surface area contributed by atoms with Crippen LogP contribution in [0.25, 0.3) is 11.0 Å². The monoisotopic (exact) mass is 578 g/mol. The Kier molecular flexibility index (Phi) is 7.95. The van der Waals surface area contributed by atoms with E-state index in [1.54, 1.807) is 31.2 Å². The molecule has 40 heavy (non-hydrogen) atoms. The first-order valence-electron chi connectivity index (χ1n) is 13.5. The molecule has 2 heterocycles. The first-order valence-corrected chi connectivity index (χ1v) is 15.2. The number of benzene rings is 2. The molecule has 1 aliphatic carbocycles. The fourth-order valence-electron chi connectivity index (χ4n) is 5.31. The van der Waals surface area contributed by atoms with Gasteiger partial charge in [-0.2, -0.15) is 13.2 Å². The normalized spacial score (nSPS) is 18.2. The molecule has 12 heteroatoms. The number of rotatable bonds is 9. The molecule has 1 atom stereocenters. The number of hydrogen-bond donors (Lipinski definition) is 2. The van der Waals surface area contributed by atoms with Crippen LogP contribution in [0.3, 0.4) is 0 Å². The van der Waals surface area contributed by atoms with Crippen LogP contribution >= 0.6 is 0 Å². The molecule has 0 spiro atoms. The number of nitrogens with one attached hydrogen (secondary N) is 1. The van der Waals surface area contributed by atoms with Crippen molar-refractivity contribution in [3.05, 3.63) is 59.4 Å². The molecule has 1 amide bonds. The summed E-state index contributed by atoms with van der Waals surface area (Å²) in [5.74, 6) is -0.903. The van der Waals surface area contributed by atoms with E-state index in [2.05, 4.69) is 9.88 Å². The summed E-state index contributed by atoms with van der Waals surface area (Å²) in [5.41, 5.74) is 2.44. The van der Waals surface area contributed by atoms with Crippen molar-refractivity contribution in [1.82, 2.24) is 19.8 Å². The highest BCUT2D eigenvalue weighted by atomic mass is 32.2. The molecule has 2 N–H and O–H groups in total. The fourth-order valence-corrected chi connectivity index (χ4v) is 6.19. The van der Waals surface area contributed by atoms with Gasteiger partial charge in [0.2, 0.25) is 0 Å². The topological polar surface area (TPSA) is 105 Å². The first-order chi connectivity index (χ1) is 19.0. The van der Waals surface area contributed by atoms with Gasteiger partial charge in [0.15, 0.2) is 9.84 Å². The van der Waals surface area contributed by atoms with Crippen molar-refractivity contribution in [3.8, 4) is 0 Å². The minimum absolute atomic E-state index is 0.0240. The largest absolute Gasteiger partial charge is 0.394 e. The van der Waals surface area contributed by atoms with E-state index in [0.717, 1.165) is 24.2 Å². The molecule has 1 unspecified atom stereocenters. The highest BCUT2D eigenvalue weighted by Gasteiger charge is 2.41. The number of fused-ring (bicyclic) bond motifs is 1. The Balaban J connectivity index is 1.32. The fraction of sp³-hybridized carbons (Fsp3) is 0.500. The molecule has 2 fully saturated rings. The van der Waals surface area contributed by atoms with Gasteiger partial charge in [-0.15, -0.1) is 0 Å². The number of carbonyl (C=O) groups is 1. The zero-order chi connectivity index (χ0) is 28.7. The maximum Gasteiger partial charge on any atom is 0.391 e. The number of halogens is 3. The second-order valence-electron chi connectivity index (χ2n) is 10.6. The minimum Gasteiger partial charge on any atom is -0.394 e. The summed E-state index contributed by atoms with van der Waals surface area (Å²) in [7, 11) is -3.36. The van der Waals surface area contributed by atoms with Crippen molar-refractivity contribution < 1.29 is 31.5 Å². The number of hydrogen-bond acceptors (Lipinski definition) is 6. The summed E-state index contributed by atoms with van der Waals surface area (Å²) in [6.07, 6.45) is -1.97. The number of likely N-dealkylation sites (tertiary alicyclic amines) is 1. The van der Waals surface area contributed by atoms with Crippen LogP contribution in [0.5, 0.6) is 0 Å². The second kappa shape index (κ2) is 11.1. The highest BCUT2D eigenvalue weighted by molar-refractivity contribution is 7.91. The van der Waals surface area contributed by atoms with Gasteiger partial charge in [0.25, 0.3) is 5.91 Å². The standard InChI is InChI=1S/C28H33F3N4O4S/c1-2-40(38,39)22-8-3-18(4-9-22)24(17-36)33-27(37)19-5-10-25-23(15-19)32-26(35(25)21-6-7-21)16-34-13-11-20(12-14-34)28(29,30)31/h3-5,8-10,15,20-21,24,36H,2,6-7,11-14,16-17H2,1H3,(H,33,37). The van der Waals surface area contributed by atoms with Crippen molar-refractivity contribution >= 4 is 26.8 Å². The molecule has 8 nitrogen and oxygen atoms in total. The number of piperidine rings is 1. The predicted octanol–water partition coefficient (Wildman–Crippen LogP) is 4.40. The van der Waals surface area contributed by atoms with Crippen LogP contribution in [0.4, 0.5) is 13.2 Å². The Bertz CT molecular complexity index is 1480. The molecule has 2 aliphatic rings. The Labute approximate surface area is 231 Å². The zero-order valence-corrected chi connectivity index (χ0v) is 23.0. The van der Waals surface area contributed by atoms with Crippen LogP contribution in [-0.2, 0) is 16.4 Å². The van der Waals surface area contributed by atoms with Crippen LogP contribution in [0.2, 0.25) is 0 Å². The third-order valence-corrected chi connectivity index (χ3v) is 9.61. The molecule has 1 aliphatic heterocycles. The molecule has 2 aromatic carbocycles. The molecule has 0 bridgehead atoms. The van der Waals surface area contributed by atoms with Crippen molar-refractivity contribution in [1.29, 1.82) is 0 Å². The van der Waals surface area contributed by atoms with Crippen molar-refractivity contribution in [2.75, 3.05) is 25.4 Å². The van der Waals surface area contributed by atoms with Gasteiger partial charge in [-0.3, -0.25) is 9.69 Å². The molecule has 0 radical (unpaired) electrons. The van der Waals surface area contributed by atoms with Crippen LogP contribution in [0.1, 0.15) is 66.4 Å². The lowest BCUT2D eigenvalue weighted by Crippen LogP contribution is -2.39. The van der Waals surface area contributed by atoms with E-state index >= 15 is 0 Å². The average molecular weight is 579 g/mol. The lowest BCUT2D eigenvalue weighted by atomic mass is 9.96. The van der Waals surface area contributed by atoms with Crippen LogP contribution in [-0.4, -0.2) is 65.5 Å². The maximum atomic E-state index is 13.1. The van der Waals surface area contributed by atoms with E-state index in [0.29, 0.717) is 42.3 Å². The van der Waals surface area contributed by atoms with Crippen LogP contribution in [0, 0.1) is 5.92 Å². The van der Waals surface area contributed by atoms with E-state index < -0.39 is 33.9 Å². The van der Waals surface area contributed by atoms with Crippen molar-refractivity contribution in [2.45, 2.75) is 62.3 Å². The summed E-state index contributed by atoms with van der Waals surface area (Å²) in [6.45, 7) is 2.36. The van der Waals surface area contributed by atoms with E-state index in [-0.39, 0.29) is 30.1 Å². The van der Waals surface area contributed by atoms with Crippen LogP contribution < -0.4 is 5.32 Å². The Hall–Kier alpha value is -2.96. The van der Waals surface area contributed by atoms with Gasteiger partial charge in [0.1, 0.15) is 5.82 Å². The van der Waals surface area contributed by atoms with E-state index in [9.17, 15) is 31.5 Å². The predicted molar refractivity (Wildman–Crippen MR) is 144 cm³/mol. The summed E-state index contributed by atoms with van der Waals surface area (Å²) in [4.78, 5) is 20.1. The van der Waals surface area contributed by atoms with Gasteiger partial charge < -0.3 is 15.0 Å². The summed E-state index contributed by atoms with van der Waals surface area (Å²) in [5, 5.41) is 12.7. The Morgan fingerprint density at radius 1 is 1.10 bits per heavy atom. The molecular weight excluding hydrogens is 545 g/mol. The second-order valence-corrected chi connectivity index (χ2v) is 12.9. The van der Waals surface area contributed by atoms with Gasteiger partial charge in [0.05, 0.1) is 46.8 Å². The summed E-state index contributed by atoms with van der Waals surface area (Å²) >= 11 is 0. The average Bonchev–Trinajstić information content (AvgIpc) is 3.71. The third kappa shape index (κ3) is 6.03. The number of alkyl halides is 3. The lowest BCUT2D eigenvalue weighted by Gasteiger charge is -2.32. The van der Waals surface area contributed by atoms with Gasteiger partial charge in [-0.05, 0) is 74.7 Å². The molecule has 3 aromatic rings. The third-order valence-electron chi connectivity index (χ3n) is 7.86. The van der Waals surface area contributed by atoms with E-state index in [1.165, 1.54) is 12.1 Å². The molecule has 1 saturated heterocycles. The number of imidazole rings is 1. The molecule has 1 aromatic heterocycles. The molecule has 1 saturated carbocycles. The van der Waals surface area contributed by atoms with Gasteiger partial charge >= 0.3 is 6.18 Å². The Morgan fingerprint density at radius 3 is 2.35 bits per heavy atom. The number of aliphatic hydroxyl groups excluding tert-OH is 1. The van der Waals surface area contributed by atoms with E-state index in [1.807, 2.05) is 11.0 Å². The van der Waals surface area contributed by atoms with Crippen molar-refractivity contribution in [3.63, 3.8) is 0 Å². The number of carbonyl (C=O) groups excluding carboxylic acids is 1. The number of aliphatic hydroxyl groups is 1. The summed E-state index contributed by atoms with van der Waals surface area (Å²) < 4.78 is 65.6. The number of amides is 1. The smallest absolute Gasteiger partial charge is 0.391 e. The number of nitrogens with zero attached hydrogens (tertiary/aromatic N) is 3. The number of sulfone groups is 1. The quantitative estimate of drug-likeness (QED) is 0.390. The highest BCUT2D eigenvalue weighted by Crippen LogP contribution is 2.40. The van der Waals surface area contributed by atoms with E-state index in [4.69, 9.17) is 4.98 Å². The van der Waals surface area contributed by atoms with Crippen molar-refractivity contribution in [2.24, 2.45) is 5.92 Å². The lowest BCUT2D eigenvalue weighted by molar-refractivity contribution is -0.185. The molecule has 5 rings (SSSR count). The Morgan fingerprint density at radius 2 is 1.77 bits per heavy atom. The van der Waals surface area contributed by atoms with Gasteiger partial charge in [-0.1, -0.05) is 19.1 Å². The zero-order valence-electron chi connectivity index (χ0n) is 22.2. The SMILES string of the molecule is CCS(=O)(=O)c1ccc(C(CO)NC(=O)c2ccc3c(c2)nc(CN2CCC(C(F)(F)F)CC2)n3C2CC2)cc1. The van der Waals surface area contributed by atoms with Gasteiger partial charge in [-0.25, -0.2) is 13.4 Å². The van der Waals surface area contributed by atoms with Gasteiger partial charge in [0, 0.05) is 11.6 Å². The first kappa shape index (κ1) is 28.6. The summed E-state index contributed by atoms with van der Waals surface area (Å²) in [6, 6.07) is 10.9. The molecular formula is C28H33F3N4O4S. The maximum absolute atomic E-state index is 13.1. The molecule has 216 valence electrons.